The molecule has 0 aromatic carbocycles. The summed E-state index contributed by atoms with van der Waals surface area (Å²) in [6.45, 7) is 2.68. The van der Waals surface area contributed by atoms with Crippen LogP contribution in [0.1, 0.15) is 10.6 Å². The first-order chi connectivity index (χ1) is 8.72. The first-order valence-corrected chi connectivity index (χ1v) is 6.71. The largest absolute Gasteiger partial charge is 0.363 e. The van der Waals surface area contributed by atoms with Crippen LogP contribution in [-0.4, -0.2) is 14.6 Å². The van der Waals surface area contributed by atoms with E-state index in [-0.39, 0.29) is 0 Å². The van der Waals surface area contributed by atoms with Crippen molar-refractivity contribution in [2.24, 2.45) is 0 Å². The van der Waals surface area contributed by atoms with Crippen molar-refractivity contribution in [2.75, 3.05) is 5.32 Å². The summed E-state index contributed by atoms with van der Waals surface area (Å²) in [5.74, 6) is 0.836. The summed E-state index contributed by atoms with van der Waals surface area (Å²) in [7, 11) is 0. The van der Waals surface area contributed by atoms with E-state index < -0.39 is 0 Å². The van der Waals surface area contributed by atoms with E-state index in [1.54, 1.807) is 17.5 Å². The summed E-state index contributed by atoms with van der Waals surface area (Å²) in [5.41, 5.74) is 1.96. The molecule has 4 nitrogen and oxygen atoms in total. The highest BCUT2D eigenvalue weighted by Gasteiger charge is 2.05. The minimum Gasteiger partial charge on any atom is -0.363 e. The van der Waals surface area contributed by atoms with Gasteiger partial charge in [-0.2, -0.15) is 5.10 Å². The van der Waals surface area contributed by atoms with Crippen LogP contribution in [0.15, 0.2) is 30.6 Å². The van der Waals surface area contributed by atoms with Gasteiger partial charge in [-0.15, -0.1) is 11.3 Å². The van der Waals surface area contributed by atoms with Crippen LogP contribution in [0.2, 0.25) is 4.34 Å². The number of hydrogen-bond acceptors (Lipinski definition) is 4. The number of nitrogens with zero attached hydrogens (tertiary/aromatic N) is 3. The summed E-state index contributed by atoms with van der Waals surface area (Å²) in [6, 6.07) is 5.93. The van der Waals surface area contributed by atoms with Gasteiger partial charge < -0.3 is 5.32 Å². The summed E-state index contributed by atoms with van der Waals surface area (Å²) < 4.78 is 2.63. The monoisotopic (exact) mass is 278 g/mol. The molecule has 0 saturated carbocycles. The number of nitrogens with one attached hydrogen (secondary N) is 1. The van der Waals surface area contributed by atoms with Crippen LogP contribution < -0.4 is 5.32 Å². The molecule has 0 atom stereocenters. The van der Waals surface area contributed by atoms with Gasteiger partial charge in [-0.1, -0.05) is 11.6 Å². The zero-order valence-electron chi connectivity index (χ0n) is 9.72. The Balaban J connectivity index is 1.86. The first kappa shape index (κ1) is 11.5. The van der Waals surface area contributed by atoms with Crippen molar-refractivity contribution in [3.05, 3.63) is 45.5 Å². The number of aromatic nitrogens is 3. The van der Waals surface area contributed by atoms with Gasteiger partial charge in [0.25, 0.3) is 0 Å². The number of aryl methyl sites for hydroxylation is 1. The van der Waals surface area contributed by atoms with E-state index >= 15 is 0 Å². The molecular weight excluding hydrogens is 268 g/mol. The zero-order valence-corrected chi connectivity index (χ0v) is 11.3. The Morgan fingerprint density at radius 2 is 2.33 bits per heavy atom. The molecule has 92 valence electrons. The molecule has 3 rings (SSSR count). The van der Waals surface area contributed by atoms with Gasteiger partial charge in [-0.3, -0.25) is 0 Å². The molecule has 3 aromatic rings. The van der Waals surface area contributed by atoms with Gasteiger partial charge in [0, 0.05) is 17.3 Å². The number of hydrogen-bond donors (Lipinski definition) is 1. The molecule has 0 amide bonds. The van der Waals surface area contributed by atoms with Crippen molar-refractivity contribution >= 4 is 34.3 Å². The van der Waals surface area contributed by atoms with Crippen molar-refractivity contribution in [3.63, 3.8) is 0 Å². The van der Waals surface area contributed by atoms with Gasteiger partial charge in [0.1, 0.15) is 5.52 Å². The summed E-state index contributed by atoms with van der Waals surface area (Å²) in [4.78, 5) is 5.52. The van der Waals surface area contributed by atoms with Gasteiger partial charge in [0.15, 0.2) is 5.82 Å². The van der Waals surface area contributed by atoms with Crippen LogP contribution >= 0.6 is 22.9 Å². The lowest BCUT2D eigenvalue weighted by molar-refractivity contribution is 0.920. The second kappa shape index (κ2) is 4.59. The highest BCUT2D eigenvalue weighted by atomic mass is 35.5. The maximum absolute atomic E-state index is 5.90. The van der Waals surface area contributed by atoms with Crippen LogP contribution in [0.5, 0.6) is 0 Å². The molecule has 1 N–H and O–H groups in total. The topological polar surface area (TPSA) is 42.2 Å². The van der Waals surface area contributed by atoms with Crippen LogP contribution in [0.4, 0.5) is 5.82 Å². The molecule has 0 aliphatic carbocycles. The molecular formula is C12H11ClN4S. The number of fused-ring (bicyclic) bond motifs is 1. The molecule has 3 aromatic heterocycles. The molecule has 0 bridgehead atoms. The maximum Gasteiger partial charge on any atom is 0.152 e. The Morgan fingerprint density at radius 1 is 1.44 bits per heavy atom. The lowest BCUT2D eigenvalue weighted by Crippen LogP contribution is -2.02. The van der Waals surface area contributed by atoms with Crippen LogP contribution in [0, 0.1) is 6.92 Å². The molecule has 18 heavy (non-hydrogen) atoms. The molecule has 0 fully saturated rings. The first-order valence-electron chi connectivity index (χ1n) is 5.51. The van der Waals surface area contributed by atoms with Gasteiger partial charge in [0.2, 0.25) is 0 Å². The van der Waals surface area contributed by atoms with Gasteiger partial charge >= 0.3 is 0 Å². The number of anilines is 1. The third-order valence-corrected chi connectivity index (χ3v) is 3.80. The van der Waals surface area contributed by atoms with Crippen molar-refractivity contribution in [2.45, 2.75) is 13.5 Å². The fraction of sp³-hybridized carbons (Fsp3) is 0.167. The lowest BCUT2D eigenvalue weighted by atomic mass is 10.4. The van der Waals surface area contributed by atoms with E-state index in [1.807, 2.05) is 35.8 Å². The average molecular weight is 279 g/mol. The molecule has 0 aliphatic heterocycles. The third-order valence-electron chi connectivity index (χ3n) is 2.57. The maximum atomic E-state index is 5.90. The summed E-state index contributed by atoms with van der Waals surface area (Å²) in [6.07, 6.45) is 3.58. The van der Waals surface area contributed by atoms with Gasteiger partial charge in [-0.25, -0.2) is 9.50 Å². The summed E-state index contributed by atoms with van der Waals surface area (Å²) >= 11 is 7.47. The molecule has 0 aliphatic rings. The van der Waals surface area contributed by atoms with Crippen molar-refractivity contribution in [3.8, 4) is 0 Å². The Hall–Kier alpha value is -1.59. The number of rotatable bonds is 3. The quantitative estimate of drug-likeness (QED) is 0.799. The van der Waals surface area contributed by atoms with Gasteiger partial charge in [0.05, 0.1) is 16.6 Å². The fourth-order valence-corrected chi connectivity index (χ4v) is 2.83. The smallest absolute Gasteiger partial charge is 0.152 e. The normalized spacial score (nSPS) is 11.0. The minimum atomic E-state index is 0.717. The molecule has 0 spiro atoms. The number of halogens is 1. The minimum absolute atomic E-state index is 0.717. The highest BCUT2D eigenvalue weighted by Crippen LogP contribution is 2.23. The molecule has 0 radical (unpaired) electrons. The van der Waals surface area contributed by atoms with Gasteiger partial charge in [-0.05, 0) is 25.1 Å². The van der Waals surface area contributed by atoms with E-state index in [1.165, 1.54) is 4.88 Å². The standard InChI is InChI=1S/C12H11ClN4S/c1-8-6-10-12(14-4-5-17(10)16-8)15-7-9-2-3-11(13)18-9/h2-6H,7H2,1H3,(H,14,15). The van der Waals surface area contributed by atoms with E-state index in [4.69, 9.17) is 11.6 Å². The Bertz CT molecular complexity index is 688. The van der Waals surface area contributed by atoms with E-state index in [0.29, 0.717) is 6.54 Å². The van der Waals surface area contributed by atoms with Crippen LogP contribution in [0.25, 0.3) is 5.52 Å². The SMILES string of the molecule is Cc1cc2c(NCc3ccc(Cl)s3)nccn2n1. The van der Waals surface area contributed by atoms with E-state index in [2.05, 4.69) is 15.4 Å². The molecule has 3 heterocycles. The Labute approximate surface area is 113 Å². The molecule has 0 saturated heterocycles. The molecule has 6 heteroatoms. The molecule has 0 unspecified atom stereocenters. The fourth-order valence-electron chi connectivity index (χ4n) is 1.80. The Morgan fingerprint density at radius 3 is 3.11 bits per heavy atom. The second-order valence-corrected chi connectivity index (χ2v) is 5.75. The van der Waals surface area contributed by atoms with Crippen LogP contribution in [0.3, 0.4) is 0 Å². The zero-order chi connectivity index (χ0) is 12.5. The predicted octanol–water partition coefficient (Wildman–Crippen LogP) is 3.36. The van der Waals surface area contributed by atoms with E-state index in [9.17, 15) is 0 Å². The predicted molar refractivity (Wildman–Crippen MR) is 74.4 cm³/mol. The van der Waals surface area contributed by atoms with Crippen molar-refractivity contribution < 1.29 is 0 Å². The lowest BCUT2D eigenvalue weighted by Gasteiger charge is -2.04. The third kappa shape index (κ3) is 2.19. The van der Waals surface area contributed by atoms with Crippen molar-refractivity contribution in [1.29, 1.82) is 0 Å². The summed E-state index contributed by atoms with van der Waals surface area (Å²) in [5, 5.41) is 7.66. The highest BCUT2D eigenvalue weighted by molar-refractivity contribution is 7.16. The Kier molecular flexibility index (Phi) is 2.93. The average Bonchev–Trinajstić information content (AvgIpc) is 2.91. The second-order valence-electron chi connectivity index (χ2n) is 3.95. The van der Waals surface area contributed by atoms with Crippen molar-refractivity contribution in [1.82, 2.24) is 14.6 Å². The van der Waals surface area contributed by atoms with E-state index in [0.717, 1.165) is 21.4 Å². The van der Waals surface area contributed by atoms with Crippen LogP contribution in [-0.2, 0) is 6.54 Å². The number of thiophene rings is 1.